The van der Waals surface area contributed by atoms with Gasteiger partial charge in [-0.25, -0.2) is 0 Å². The Kier molecular flexibility index (Phi) is 4.30. The summed E-state index contributed by atoms with van der Waals surface area (Å²) in [4.78, 5) is 11.4. The third-order valence-corrected chi connectivity index (χ3v) is 2.79. The molecule has 0 spiro atoms. The SMILES string of the molecule is CCC(=O)[C@@H](C)[C@H](O)c1ccc(Cl)cc1. The van der Waals surface area contributed by atoms with Crippen LogP contribution in [-0.2, 0) is 4.79 Å². The summed E-state index contributed by atoms with van der Waals surface area (Å²) >= 11 is 5.74. The molecule has 0 aliphatic rings. The van der Waals surface area contributed by atoms with Gasteiger partial charge in [0.1, 0.15) is 5.78 Å². The van der Waals surface area contributed by atoms with E-state index in [9.17, 15) is 9.90 Å². The molecule has 0 radical (unpaired) electrons. The fraction of sp³-hybridized carbons (Fsp3) is 0.417. The Labute approximate surface area is 94.9 Å². The number of Topliss-reactive ketones (excluding diaryl/α,β-unsaturated/α-hetero) is 1. The lowest BCUT2D eigenvalue weighted by Crippen LogP contribution is -2.18. The van der Waals surface area contributed by atoms with Gasteiger partial charge in [0.25, 0.3) is 0 Å². The maximum absolute atomic E-state index is 11.4. The molecule has 1 rings (SSSR count). The molecule has 0 heterocycles. The topological polar surface area (TPSA) is 37.3 Å². The van der Waals surface area contributed by atoms with Crippen molar-refractivity contribution in [2.45, 2.75) is 26.4 Å². The van der Waals surface area contributed by atoms with Gasteiger partial charge in [0, 0.05) is 17.4 Å². The van der Waals surface area contributed by atoms with Gasteiger partial charge in [0.2, 0.25) is 0 Å². The molecule has 0 aliphatic carbocycles. The highest BCUT2D eigenvalue weighted by molar-refractivity contribution is 6.30. The van der Waals surface area contributed by atoms with Crippen LogP contribution < -0.4 is 0 Å². The lowest BCUT2D eigenvalue weighted by Gasteiger charge is -2.17. The van der Waals surface area contributed by atoms with Gasteiger partial charge in [-0.05, 0) is 17.7 Å². The molecule has 15 heavy (non-hydrogen) atoms. The summed E-state index contributed by atoms with van der Waals surface area (Å²) in [6.07, 6.45) is -0.291. The molecule has 0 aromatic heterocycles. The summed E-state index contributed by atoms with van der Waals surface area (Å²) in [6.45, 7) is 3.54. The largest absolute Gasteiger partial charge is 0.388 e. The van der Waals surface area contributed by atoms with Crippen LogP contribution in [0, 0.1) is 5.92 Å². The van der Waals surface area contributed by atoms with Crippen molar-refractivity contribution in [3.8, 4) is 0 Å². The maximum Gasteiger partial charge on any atom is 0.138 e. The van der Waals surface area contributed by atoms with Crippen LogP contribution in [0.1, 0.15) is 31.9 Å². The van der Waals surface area contributed by atoms with E-state index in [1.54, 1.807) is 38.1 Å². The summed E-state index contributed by atoms with van der Waals surface area (Å²) in [5.41, 5.74) is 0.730. The standard InChI is InChI=1S/C12H15ClO2/c1-3-11(14)8(2)12(15)9-4-6-10(13)7-5-9/h4-8,12,15H,3H2,1-2H3/t8-,12+/m1/s1. The second-order valence-electron chi connectivity index (χ2n) is 3.60. The first kappa shape index (κ1) is 12.2. The fourth-order valence-electron chi connectivity index (χ4n) is 1.45. The highest BCUT2D eigenvalue weighted by Gasteiger charge is 2.21. The Morgan fingerprint density at radius 1 is 1.40 bits per heavy atom. The second-order valence-corrected chi connectivity index (χ2v) is 4.04. The number of halogens is 1. The predicted molar refractivity (Wildman–Crippen MR) is 60.9 cm³/mol. The van der Waals surface area contributed by atoms with E-state index in [-0.39, 0.29) is 11.7 Å². The average molecular weight is 227 g/mol. The summed E-state index contributed by atoms with van der Waals surface area (Å²) < 4.78 is 0. The Morgan fingerprint density at radius 2 is 1.93 bits per heavy atom. The van der Waals surface area contributed by atoms with Crippen molar-refractivity contribution >= 4 is 17.4 Å². The number of carbonyl (C=O) groups excluding carboxylic acids is 1. The molecule has 1 N–H and O–H groups in total. The van der Waals surface area contributed by atoms with E-state index in [1.807, 2.05) is 0 Å². The minimum Gasteiger partial charge on any atom is -0.388 e. The zero-order valence-corrected chi connectivity index (χ0v) is 9.66. The highest BCUT2D eigenvalue weighted by atomic mass is 35.5. The Morgan fingerprint density at radius 3 is 2.40 bits per heavy atom. The first-order chi connectivity index (χ1) is 7.06. The lowest BCUT2D eigenvalue weighted by molar-refractivity contribution is -0.125. The molecule has 0 aliphatic heterocycles. The monoisotopic (exact) mass is 226 g/mol. The number of aliphatic hydroxyl groups excluding tert-OH is 1. The van der Waals surface area contributed by atoms with E-state index >= 15 is 0 Å². The van der Waals surface area contributed by atoms with Gasteiger partial charge in [0.15, 0.2) is 0 Å². The number of aliphatic hydroxyl groups is 1. The summed E-state index contributed by atoms with van der Waals surface area (Å²) in [6, 6.07) is 6.91. The summed E-state index contributed by atoms with van der Waals surface area (Å²) in [7, 11) is 0. The maximum atomic E-state index is 11.4. The van der Waals surface area contributed by atoms with E-state index in [0.29, 0.717) is 11.4 Å². The van der Waals surface area contributed by atoms with Crippen LogP contribution >= 0.6 is 11.6 Å². The van der Waals surface area contributed by atoms with Gasteiger partial charge in [0.05, 0.1) is 6.10 Å². The lowest BCUT2D eigenvalue weighted by atomic mass is 9.93. The average Bonchev–Trinajstić information content (AvgIpc) is 2.27. The number of hydrogen-bond acceptors (Lipinski definition) is 2. The molecule has 1 aromatic rings. The predicted octanol–water partition coefficient (Wildman–Crippen LogP) is 2.99. The summed E-state index contributed by atoms with van der Waals surface area (Å²) in [5, 5.41) is 10.5. The molecule has 2 atom stereocenters. The summed E-state index contributed by atoms with van der Waals surface area (Å²) in [5.74, 6) is -0.298. The van der Waals surface area contributed by atoms with E-state index in [1.165, 1.54) is 0 Å². The molecular weight excluding hydrogens is 212 g/mol. The van der Waals surface area contributed by atoms with Gasteiger partial charge < -0.3 is 5.11 Å². The van der Waals surface area contributed by atoms with Crippen molar-refractivity contribution in [2.75, 3.05) is 0 Å². The van der Waals surface area contributed by atoms with Crippen LogP contribution in [0.3, 0.4) is 0 Å². The molecule has 1 aromatic carbocycles. The van der Waals surface area contributed by atoms with Crippen molar-refractivity contribution in [1.82, 2.24) is 0 Å². The first-order valence-corrected chi connectivity index (χ1v) is 5.40. The zero-order chi connectivity index (χ0) is 11.4. The normalized spacial score (nSPS) is 14.7. The van der Waals surface area contributed by atoms with E-state index in [2.05, 4.69) is 0 Å². The molecule has 0 unspecified atom stereocenters. The minimum absolute atomic E-state index is 0.0671. The second kappa shape index (κ2) is 5.29. The molecule has 0 fully saturated rings. The van der Waals surface area contributed by atoms with Crippen LogP contribution in [0.25, 0.3) is 0 Å². The van der Waals surface area contributed by atoms with Gasteiger partial charge in [-0.3, -0.25) is 4.79 Å². The molecular formula is C12H15ClO2. The molecule has 2 nitrogen and oxygen atoms in total. The van der Waals surface area contributed by atoms with E-state index < -0.39 is 6.10 Å². The van der Waals surface area contributed by atoms with E-state index in [4.69, 9.17) is 11.6 Å². The van der Waals surface area contributed by atoms with Crippen molar-refractivity contribution < 1.29 is 9.90 Å². The number of benzene rings is 1. The molecule has 0 amide bonds. The number of carbonyl (C=O) groups is 1. The van der Waals surface area contributed by atoms with Crippen LogP contribution in [-0.4, -0.2) is 10.9 Å². The van der Waals surface area contributed by atoms with Gasteiger partial charge in [-0.2, -0.15) is 0 Å². The number of hydrogen-bond donors (Lipinski definition) is 1. The van der Waals surface area contributed by atoms with Crippen molar-refractivity contribution in [2.24, 2.45) is 5.92 Å². The Balaban J connectivity index is 2.80. The smallest absolute Gasteiger partial charge is 0.138 e. The fourth-order valence-corrected chi connectivity index (χ4v) is 1.57. The van der Waals surface area contributed by atoms with Gasteiger partial charge >= 0.3 is 0 Å². The third-order valence-electron chi connectivity index (χ3n) is 2.54. The van der Waals surface area contributed by atoms with Crippen molar-refractivity contribution in [3.05, 3.63) is 34.9 Å². The van der Waals surface area contributed by atoms with Crippen LogP contribution in [0.5, 0.6) is 0 Å². The molecule has 82 valence electrons. The Bertz CT molecular complexity index is 332. The quantitative estimate of drug-likeness (QED) is 0.857. The van der Waals surface area contributed by atoms with Crippen molar-refractivity contribution in [3.63, 3.8) is 0 Å². The van der Waals surface area contributed by atoms with E-state index in [0.717, 1.165) is 5.56 Å². The first-order valence-electron chi connectivity index (χ1n) is 5.02. The van der Waals surface area contributed by atoms with Crippen molar-refractivity contribution in [1.29, 1.82) is 0 Å². The van der Waals surface area contributed by atoms with Gasteiger partial charge in [-0.15, -0.1) is 0 Å². The number of ketones is 1. The third kappa shape index (κ3) is 3.05. The Hall–Kier alpha value is -0.860. The molecule has 0 saturated heterocycles. The van der Waals surface area contributed by atoms with Crippen LogP contribution in [0.4, 0.5) is 0 Å². The molecule has 0 bridgehead atoms. The molecule has 3 heteroatoms. The van der Waals surface area contributed by atoms with Gasteiger partial charge in [-0.1, -0.05) is 37.6 Å². The minimum atomic E-state index is -0.741. The highest BCUT2D eigenvalue weighted by Crippen LogP contribution is 2.24. The van der Waals surface area contributed by atoms with Crippen LogP contribution in [0.15, 0.2) is 24.3 Å². The molecule has 0 saturated carbocycles. The number of rotatable bonds is 4. The zero-order valence-electron chi connectivity index (χ0n) is 8.90. The van der Waals surface area contributed by atoms with Crippen LogP contribution in [0.2, 0.25) is 5.02 Å².